The monoisotopic (exact) mass is 430 g/mol. The Morgan fingerprint density at radius 2 is 1.59 bits per heavy atom. The van der Waals surface area contributed by atoms with Gasteiger partial charge in [0.15, 0.2) is 0 Å². The molecule has 5 rings (SSSR count). The summed E-state index contributed by atoms with van der Waals surface area (Å²) in [6.07, 6.45) is 0.389. The third kappa shape index (κ3) is 3.61. The van der Waals surface area contributed by atoms with E-state index >= 15 is 0 Å². The standard InChI is InChI=1S/C27H27FN2O2/c28-23-13-7-10-21(14-23)16-30-24(17-31)26(22-11-5-2-6-12-22)27(30)18-29(19-27)25(32)15-20-8-3-1-4-9-20/h1-14,24,26,31H,15-19H2/t24-,26-/m0/s1. The molecule has 5 heteroatoms. The number of likely N-dealkylation sites (tertiary alicyclic amines) is 2. The van der Waals surface area contributed by atoms with Crippen LogP contribution in [0.25, 0.3) is 0 Å². The topological polar surface area (TPSA) is 43.8 Å². The summed E-state index contributed by atoms with van der Waals surface area (Å²) >= 11 is 0. The number of hydrogen-bond donors (Lipinski definition) is 1. The van der Waals surface area contributed by atoms with E-state index in [-0.39, 0.29) is 35.8 Å². The Hall–Kier alpha value is -3.02. The average molecular weight is 431 g/mol. The summed E-state index contributed by atoms with van der Waals surface area (Å²) in [5.74, 6) is -0.0136. The van der Waals surface area contributed by atoms with Crippen LogP contribution in [0.2, 0.25) is 0 Å². The van der Waals surface area contributed by atoms with Gasteiger partial charge in [0.2, 0.25) is 5.91 Å². The van der Waals surface area contributed by atoms with Crippen LogP contribution in [0.1, 0.15) is 22.6 Å². The van der Waals surface area contributed by atoms with Gasteiger partial charge in [0.1, 0.15) is 5.82 Å². The van der Waals surface area contributed by atoms with E-state index in [4.69, 9.17) is 0 Å². The zero-order valence-corrected chi connectivity index (χ0v) is 17.9. The molecule has 164 valence electrons. The molecule has 3 aromatic carbocycles. The summed E-state index contributed by atoms with van der Waals surface area (Å²) in [4.78, 5) is 17.1. The van der Waals surface area contributed by atoms with Crippen molar-refractivity contribution in [1.82, 2.24) is 9.80 Å². The van der Waals surface area contributed by atoms with Crippen LogP contribution in [0.15, 0.2) is 84.9 Å². The second-order valence-electron chi connectivity index (χ2n) is 8.91. The van der Waals surface area contributed by atoms with Gasteiger partial charge in [-0.1, -0.05) is 72.8 Å². The first kappa shape index (κ1) is 20.9. The predicted molar refractivity (Wildman–Crippen MR) is 121 cm³/mol. The molecule has 0 bridgehead atoms. The van der Waals surface area contributed by atoms with E-state index in [2.05, 4.69) is 17.0 Å². The highest BCUT2D eigenvalue weighted by Gasteiger charge is 2.66. The van der Waals surface area contributed by atoms with Gasteiger partial charge < -0.3 is 10.0 Å². The van der Waals surface area contributed by atoms with Gasteiger partial charge in [-0.2, -0.15) is 0 Å². The first-order valence-electron chi connectivity index (χ1n) is 11.1. The number of hydrogen-bond acceptors (Lipinski definition) is 3. The Morgan fingerprint density at radius 3 is 2.25 bits per heavy atom. The predicted octanol–water partition coefficient (Wildman–Crippen LogP) is 3.61. The molecule has 2 aliphatic heterocycles. The molecule has 3 aromatic rings. The Morgan fingerprint density at radius 1 is 0.938 bits per heavy atom. The SMILES string of the molecule is O=C(Cc1ccccc1)N1CC2(C1)[C@@H](c1ccccc1)[C@H](CO)N2Cc1cccc(F)c1. The highest BCUT2D eigenvalue weighted by molar-refractivity contribution is 5.80. The minimum atomic E-state index is -0.259. The lowest BCUT2D eigenvalue weighted by molar-refractivity contribution is -0.199. The largest absolute Gasteiger partial charge is 0.395 e. The second kappa shape index (κ2) is 8.49. The Labute approximate surface area is 187 Å². The fourth-order valence-electron chi connectivity index (χ4n) is 5.52. The van der Waals surface area contributed by atoms with Gasteiger partial charge in [0, 0.05) is 31.6 Å². The van der Waals surface area contributed by atoms with E-state index in [9.17, 15) is 14.3 Å². The van der Waals surface area contributed by atoms with Crippen LogP contribution in [0.5, 0.6) is 0 Å². The molecular weight excluding hydrogens is 403 g/mol. The van der Waals surface area contributed by atoms with Crippen molar-refractivity contribution in [1.29, 1.82) is 0 Å². The number of carbonyl (C=O) groups is 1. The lowest BCUT2D eigenvalue weighted by atomic mass is 9.60. The Bertz CT molecular complexity index is 1080. The van der Waals surface area contributed by atoms with Crippen molar-refractivity contribution in [2.24, 2.45) is 0 Å². The Kier molecular flexibility index (Phi) is 5.53. The maximum atomic E-state index is 13.8. The summed E-state index contributed by atoms with van der Waals surface area (Å²) in [5.41, 5.74) is 2.82. The molecule has 1 N–H and O–H groups in total. The zero-order valence-electron chi connectivity index (χ0n) is 17.9. The van der Waals surface area contributed by atoms with E-state index < -0.39 is 0 Å². The third-order valence-electron chi connectivity index (χ3n) is 7.00. The molecular formula is C27H27FN2O2. The van der Waals surface area contributed by atoms with Crippen LogP contribution in [0.4, 0.5) is 4.39 Å². The van der Waals surface area contributed by atoms with Crippen LogP contribution >= 0.6 is 0 Å². The minimum absolute atomic E-state index is 0.0224. The maximum Gasteiger partial charge on any atom is 0.227 e. The molecule has 2 atom stereocenters. The molecule has 32 heavy (non-hydrogen) atoms. The fraction of sp³-hybridized carbons (Fsp3) is 0.296. The van der Waals surface area contributed by atoms with Crippen molar-refractivity contribution in [2.45, 2.75) is 30.5 Å². The van der Waals surface area contributed by atoms with Gasteiger partial charge in [-0.25, -0.2) is 4.39 Å². The molecule has 0 unspecified atom stereocenters. The molecule has 1 amide bonds. The molecule has 4 nitrogen and oxygen atoms in total. The van der Waals surface area contributed by atoms with Crippen molar-refractivity contribution < 1.29 is 14.3 Å². The number of benzene rings is 3. The van der Waals surface area contributed by atoms with Gasteiger partial charge in [-0.3, -0.25) is 9.69 Å². The smallest absolute Gasteiger partial charge is 0.227 e. The first-order chi connectivity index (χ1) is 15.6. The van der Waals surface area contributed by atoms with Gasteiger partial charge in [-0.15, -0.1) is 0 Å². The molecule has 2 heterocycles. The van der Waals surface area contributed by atoms with E-state index in [1.807, 2.05) is 59.5 Å². The summed E-state index contributed by atoms with van der Waals surface area (Å²) in [6, 6.07) is 26.6. The second-order valence-corrected chi connectivity index (χ2v) is 8.91. The summed E-state index contributed by atoms with van der Waals surface area (Å²) in [6.45, 7) is 1.80. The van der Waals surface area contributed by atoms with Crippen LogP contribution in [-0.4, -0.2) is 52.1 Å². The van der Waals surface area contributed by atoms with Crippen molar-refractivity contribution in [3.8, 4) is 0 Å². The molecule has 0 radical (unpaired) electrons. The van der Waals surface area contributed by atoms with Crippen molar-refractivity contribution in [3.05, 3.63) is 107 Å². The van der Waals surface area contributed by atoms with Crippen molar-refractivity contribution in [2.75, 3.05) is 19.7 Å². The van der Waals surface area contributed by atoms with Gasteiger partial charge >= 0.3 is 0 Å². The van der Waals surface area contributed by atoms with Crippen molar-refractivity contribution in [3.63, 3.8) is 0 Å². The molecule has 1 spiro atoms. The maximum absolute atomic E-state index is 13.8. The molecule has 2 aliphatic rings. The molecule has 0 aromatic heterocycles. The highest BCUT2D eigenvalue weighted by atomic mass is 19.1. The summed E-state index contributed by atoms with van der Waals surface area (Å²) in [7, 11) is 0. The number of aliphatic hydroxyl groups is 1. The van der Waals surface area contributed by atoms with Crippen LogP contribution in [0, 0.1) is 5.82 Å². The zero-order chi connectivity index (χ0) is 22.1. The number of carbonyl (C=O) groups excluding carboxylic acids is 1. The first-order valence-corrected chi connectivity index (χ1v) is 11.1. The molecule has 2 fully saturated rings. The third-order valence-corrected chi connectivity index (χ3v) is 7.00. The van der Waals surface area contributed by atoms with Gasteiger partial charge in [0.05, 0.1) is 18.6 Å². The average Bonchev–Trinajstić information content (AvgIpc) is 2.77. The quantitative estimate of drug-likeness (QED) is 0.650. The summed E-state index contributed by atoms with van der Waals surface area (Å²) in [5, 5.41) is 10.2. The molecule has 2 saturated heterocycles. The van der Waals surface area contributed by atoms with Gasteiger partial charge in [0.25, 0.3) is 0 Å². The van der Waals surface area contributed by atoms with E-state index in [0.29, 0.717) is 26.1 Å². The molecule has 0 saturated carbocycles. The van der Waals surface area contributed by atoms with Crippen LogP contribution < -0.4 is 0 Å². The van der Waals surface area contributed by atoms with Crippen LogP contribution in [0.3, 0.4) is 0 Å². The number of aliphatic hydroxyl groups excluding tert-OH is 1. The lowest BCUT2D eigenvalue weighted by Crippen LogP contribution is -2.84. The molecule has 0 aliphatic carbocycles. The number of amides is 1. The van der Waals surface area contributed by atoms with Gasteiger partial charge in [-0.05, 0) is 28.8 Å². The van der Waals surface area contributed by atoms with E-state index in [1.165, 1.54) is 11.6 Å². The number of rotatable bonds is 6. The normalized spacial score (nSPS) is 21.8. The Balaban J connectivity index is 1.39. The summed E-state index contributed by atoms with van der Waals surface area (Å²) < 4.78 is 13.8. The van der Waals surface area contributed by atoms with Crippen LogP contribution in [-0.2, 0) is 17.8 Å². The van der Waals surface area contributed by atoms with Crippen molar-refractivity contribution >= 4 is 5.91 Å². The highest BCUT2D eigenvalue weighted by Crippen LogP contribution is 2.54. The van der Waals surface area contributed by atoms with E-state index in [0.717, 1.165) is 11.1 Å². The fourth-order valence-corrected chi connectivity index (χ4v) is 5.52. The number of halogens is 1. The van der Waals surface area contributed by atoms with E-state index in [1.54, 1.807) is 12.1 Å². The minimum Gasteiger partial charge on any atom is -0.395 e. The number of nitrogens with zero attached hydrogens (tertiary/aromatic N) is 2. The lowest BCUT2D eigenvalue weighted by Gasteiger charge is -2.71.